The summed E-state index contributed by atoms with van der Waals surface area (Å²) >= 11 is 0. The highest BCUT2D eigenvalue weighted by atomic mass is 127. The Hall–Kier alpha value is -0.860. The molecular weight excluding hydrogens is 487 g/mol. The lowest BCUT2D eigenvalue weighted by molar-refractivity contribution is 0.0397. The molecule has 30 heavy (non-hydrogen) atoms. The van der Waals surface area contributed by atoms with Crippen LogP contribution in [0.15, 0.2) is 29.3 Å². The van der Waals surface area contributed by atoms with Gasteiger partial charge in [0.25, 0.3) is 0 Å². The Morgan fingerprint density at radius 1 is 1.23 bits per heavy atom. The van der Waals surface area contributed by atoms with Crippen LogP contribution in [-0.4, -0.2) is 68.7 Å². The largest absolute Gasteiger partial charge is 0.373 e. The van der Waals surface area contributed by atoms with Gasteiger partial charge in [-0.25, -0.2) is 0 Å². The van der Waals surface area contributed by atoms with Crippen molar-refractivity contribution in [1.82, 2.24) is 15.1 Å². The van der Waals surface area contributed by atoms with Gasteiger partial charge in [-0.1, -0.05) is 38.1 Å². The minimum atomic E-state index is 0. The predicted octanol–water partition coefficient (Wildman–Crippen LogP) is 4.33. The molecule has 2 atom stereocenters. The van der Waals surface area contributed by atoms with Gasteiger partial charge in [0, 0.05) is 39.8 Å². The van der Waals surface area contributed by atoms with Crippen LogP contribution in [0.3, 0.4) is 0 Å². The van der Waals surface area contributed by atoms with Crippen molar-refractivity contribution in [3.63, 3.8) is 0 Å². The predicted molar refractivity (Wildman–Crippen MR) is 137 cm³/mol. The number of hydrogen-bond acceptors (Lipinski definition) is 3. The van der Waals surface area contributed by atoms with Gasteiger partial charge in [-0.15, -0.1) is 24.0 Å². The fourth-order valence-electron chi connectivity index (χ4n) is 4.73. The number of nitrogens with one attached hydrogen (secondary N) is 1. The molecule has 0 aromatic heterocycles. The number of likely N-dealkylation sites (tertiary alicyclic amines) is 1. The highest BCUT2D eigenvalue weighted by Crippen LogP contribution is 2.32. The van der Waals surface area contributed by atoms with Gasteiger partial charge < -0.3 is 19.9 Å². The lowest BCUT2D eigenvalue weighted by Gasteiger charge is -2.26. The zero-order chi connectivity index (χ0) is 20.5. The van der Waals surface area contributed by atoms with E-state index in [1.165, 1.54) is 36.9 Å². The van der Waals surface area contributed by atoms with Gasteiger partial charge in [-0.3, -0.25) is 4.99 Å². The maximum absolute atomic E-state index is 6.24. The molecule has 1 aliphatic carbocycles. The second kappa shape index (κ2) is 13.5. The quantitative estimate of drug-likeness (QED) is 0.224. The van der Waals surface area contributed by atoms with Crippen molar-refractivity contribution < 1.29 is 4.74 Å². The van der Waals surface area contributed by atoms with E-state index in [-0.39, 0.29) is 30.1 Å². The highest BCUT2D eigenvalue weighted by Gasteiger charge is 2.26. The molecule has 170 valence electrons. The molecule has 1 saturated heterocycles. The van der Waals surface area contributed by atoms with Crippen molar-refractivity contribution in [3.05, 3.63) is 35.4 Å². The van der Waals surface area contributed by atoms with E-state index in [4.69, 9.17) is 4.74 Å². The third-order valence-corrected chi connectivity index (χ3v) is 6.45. The molecule has 1 aliphatic heterocycles. The van der Waals surface area contributed by atoms with E-state index in [9.17, 15) is 0 Å². The zero-order valence-electron chi connectivity index (χ0n) is 19.1. The first kappa shape index (κ1) is 25.4. The SMILES string of the molecule is CCN(CC)CC1CCN(C(=NC)NCCCOC2CCCc3ccccc32)C1.I. The number of aliphatic imine (C=N–C) groups is 1. The second-order valence-electron chi connectivity index (χ2n) is 8.36. The Kier molecular flexibility index (Phi) is 11.5. The molecule has 1 N–H and O–H groups in total. The third kappa shape index (κ3) is 7.09. The van der Waals surface area contributed by atoms with Crippen molar-refractivity contribution in [3.8, 4) is 0 Å². The number of rotatable bonds is 9. The summed E-state index contributed by atoms with van der Waals surface area (Å²) < 4.78 is 6.24. The van der Waals surface area contributed by atoms with Crippen LogP contribution in [0.2, 0.25) is 0 Å². The summed E-state index contributed by atoms with van der Waals surface area (Å²) in [6, 6.07) is 8.76. The number of fused-ring (bicyclic) bond motifs is 1. The van der Waals surface area contributed by atoms with Gasteiger partial charge in [-0.05, 0) is 62.2 Å². The van der Waals surface area contributed by atoms with E-state index in [2.05, 4.69) is 58.2 Å². The summed E-state index contributed by atoms with van der Waals surface area (Å²) in [6.45, 7) is 11.9. The Morgan fingerprint density at radius 2 is 2.03 bits per heavy atom. The van der Waals surface area contributed by atoms with Crippen LogP contribution in [0.5, 0.6) is 0 Å². The molecule has 0 bridgehead atoms. The number of benzene rings is 1. The minimum Gasteiger partial charge on any atom is -0.373 e. The normalized spacial score (nSPS) is 21.5. The summed E-state index contributed by atoms with van der Waals surface area (Å²) in [5, 5.41) is 3.55. The molecule has 6 heteroatoms. The Labute approximate surface area is 200 Å². The summed E-state index contributed by atoms with van der Waals surface area (Å²) in [5.41, 5.74) is 2.87. The first-order chi connectivity index (χ1) is 14.2. The fraction of sp³-hybridized carbons (Fsp3) is 0.708. The number of aryl methyl sites for hydroxylation is 1. The molecule has 0 saturated carbocycles. The molecule has 3 rings (SSSR count). The van der Waals surface area contributed by atoms with Gasteiger partial charge >= 0.3 is 0 Å². The minimum absolute atomic E-state index is 0. The molecule has 5 nitrogen and oxygen atoms in total. The number of nitrogens with zero attached hydrogens (tertiary/aromatic N) is 3. The molecular formula is C24H41IN4O. The van der Waals surface area contributed by atoms with Crippen LogP contribution in [0, 0.1) is 5.92 Å². The lowest BCUT2D eigenvalue weighted by Crippen LogP contribution is -2.41. The smallest absolute Gasteiger partial charge is 0.193 e. The van der Waals surface area contributed by atoms with Crippen LogP contribution in [0.25, 0.3) is 0 Å². The molecule has 0 radical (unpaired) electrons. The molecule has 1 fully saturated rings. The van der Waals surface area contributed by atoms with Gasteiger partial charge in [0.1, 0.15) is 0 Å². The van der Waals surface area contributed by atoms with Crippen molar-refractivity contribution in [2.24, 2.45) is 10.9 Å². The van der Waals surface area contributed by atoms with E-state index < -0.39 is 0 Å². The van der Waals surface area contributed by atoms with E-state index >= 15 is 0 Å². The van der Waals surface area contributed by atoms with Gasteiger partial charge in [0.15, 0.2) is 5.96 Å². The van der Waals surface area contributed by atoms with Gasteiger partial charge in [0.2, 0.25) is 0 Å². The summed E-state index contributed by atoms with van der Waals surface area (Å²) in [4.78, 5) is 9.47. The van der Waals surface area contributed by atoms with Crippen LogP contribution < -0.4 is 5.32 Å². The number of guanidine groups is 1. The van der Waals surface area contributed by atoms with E-state index in [0.29, 0.717) is 0 Å². The van der Waals surface area contributed by atoms with E-state index in [1.54, 1.807) is 0 Å². The summed E-state index contributed by atoms with van der Waals surface area (Å²) in [6.07, 6.45) is 6.12. The number of hydrogen-bond donors (Lipinski definition) is 1. The Morgan fingerprint density at radius 3 is 2.80 bits per heavy atom. The molecule has 2 aliphatic rings. The van der Waals surface area contributed by atoms with Gasteiger partial charge in [-0.2, -0.15) is 0 Å². The average molecular weight is 529 g/mol. The van der Waals surface area contributed by atoms with Crippen LogP contribution >= 0.6 is 24.0 Å². The molecule has 0 spiro atoms. The van der Waals surface area contributed by atoms with Crippen molar-refractivity contribution in [2.75, 3.05) is 52.9 Å². The van der Waals surface area contributed by atoms with E-state index in [1.807, 2.05) is 7.05 Å². The Balaban J connectivity index is 0.00000320. The van der Waals surface area contributed by atoms with Crippen molar-refractivity contribution >= 4 is 29.9 Å². The molecule has 1 aromatic carbocycles. The topological polar surface area (TPSA) is 40.1 Å². The first-order valence-electron chi connectivity index (χ1n) is 11.6. The lowest BCUT2D eigenvalue weighted by atomic mass is 9.89. The fourth-order valence-corrected chi connectivity index (χ4v) is 4.73. The maximum atomic E-state index is 6.24. The summed E-state index contributed by atoms with van der Waals surface area (Å²) in [7, 11) is 1.90. The maximum Gasteiger partial charge on any atom is 0.193 e. The standard InChI is InChI=1S/C24H40N4O.HI/c1-4-27(5-2)18-20-14-16-28(19-20)24(25-3)26-15-9-17-29-23-13-8-11-21-10-6-7-12-22(21)23;/h6-7,10,12,20,23H,4-5,8-9,11,13-19H2,1-3H3,(H,25,26);1H. The van der Waals surface area contributed by atoms with Crippen LogP contribution in [-0.2, 0) is 11.2 Å². The Bertz CT molecular complexity index is 650. The average Bonchev–Trinajstić information content (AvgIpc) is 3.23. The molecule has 1 heterocycles. The summed E-state index contributed by atoms with van der Waals surface area (Å²) in [5.74, 6) is 1.80. The number of halogens is 1. The number of ether oxygens (including phenoxy) is 1. The van der Waals surface area contributed by atoms with Crippen molar-refractivity contribution in [2.45, 2.75) is 52.1 Å². The molecule has 0 amide bonds. The van der Waals surface area contributed by atoms with Crippen molar-refractivity contribution in [1.29, 1.82) is 0 Å². The highest BCUT2D eigenvalue weighted by molar-refractivity contribution is 14.0. The first-order valence-corrected chi connectivity index (χ1v) is 11.6. The molecule has 1 aromatic rings. The molecule has 2 unspecified atom stereocenters. The van der Waals surface area contributed by atoms with E-state index in [0.717, 1.165) is 64.0 Å². The van der Waals surface area contributed by atoms with Gasteiger partial charge in [0.05, 0.1) is 6.10 Å². The zero-order valence-corrected chi connectivity index (χ0v) is 21.4. The van der Waals surface area contributed by atoms with Crippen LogP contribution in [0.1, 0.15) is 56.8 Å². The monoisotopic (exact) mass is 528 g/mol. The third-order valence-electron chi connectivity index (χ3n) is 6.45. The van der Waals surface area contributed by atoms with Crippen LogP contribution in [0.4, 0.5) is 0 Å². The second-order valence-corrected chi connectivity index (χ2v) is 8.36.